The van der Waals surface area contributed by atoms with E-state index in [9.17, 15) is 5.11 Å². The molecule has 1 aliphatic heterocycles. The molecule has 1 N–H and O–H groups in total. The highest BCUT2D eigenvalue weighted by atomic mass is 16.5. The summed E-state index contributed by atoms with van der Waals surface area (Å²) in [5.41, 5.74) is 1.07. The van der Waals surface area contributed by atoms with E-state index in [0.717, 1.165) is 19.0 Å². The summed E-state index contributed by atoms with van der Waals surface area (Å²) in [6, 6.07) is 10.7. The van der Waals surface area contributed by atoms with Crippen LogP contribution in [0.5, 0.6) is 0 Å². The first-order valence-corrected chi connectivity index (χ1v) is 9.00. The molecule has 0 saturated carbocycles. The zero-order valence-corrected chi connectivity index (χ0v) is 15.1. The summed E-state index contributed by atoms with van der Waals surface area (Å²) < 4.78 is 5.75. The second-order valence-corrected chi connectivity index (χ2v) is 7.54. The van der Waals surface area contributed by atoms with E-state index in [0.29, 0.717) is 19.6 Å². The van der Waals surface area contributed by atoms with Gasteiger partial charge in [-0.15, -0.1) is 12.3 Å². The van der Waals surface area contributed by atoms with Gasteiger partial charge in [0.15, 0.2) is 0 Å². The highest BCUT2D eigenvalue weighted by Gasteiger charge is 2.23. The maximum atomic E-state index is 10.2. The molecule has 1 heterocycles. The minimum Gasteiger partial charge on any atom is -0.389 e. The summed E-state index contributed by atoms with van der Waals surface area (Å²) in [6.45, 7) is 7.08. The van der Waals surface area contributed by atoms with Crippen LogP contribution in [0.25, 0.3) is 0 Å². The van der Waals surface area contributed by atoms with E-state index < -0.39 is 6.10 Å². The smallest absolute Gasteiger partial charge is 0.0900 e. The summed E-state index contributed by atoms with van der Waals surface area (Å²) in [7, 11) is 0. The first-order valence-electron chi connectivity index (χ1n) is 9.00. The number of nitrogens with zero attached hydrogens (tertiary/aromatic N) is 1. The molecule has 1 fully saturated rings. The molecule has 132 valence electrons. The van der Waals surface area contributed by atoms with Gasteiger partial charge in [0.05, 0.1) is 18.3 Å². The Morgan fingerprint density at radius 3 is 2.58 bits per heavy atom. The molecular weight excluding hydrogens is 298 g/mol. The lowest BCUT2D eigenvalue weighted by Gasteiger charge is -2.34. The second kappa shape index (κ2) is 9.22. The van der Waals surface area contributed by atoms with E-state index in [1.807, 2.05) is 13.8 Å². The van der Waals surface area contributed by atoms with Crippen LogP contribution in [-0.2, 0) is 11.2 Å². The average Bonchev–Trinajstić information content (AvgIpc) is 2.56. The Morgan fingerprint density at radius 2 is 1.96 bits per heavy atom. The molecule has 1 aromatic carbocycles. The highest BCUT2D eigenvalue weighted by molar-refractivity contribution is 5.15. The molecule has 0 aliphatic carbocycles. The first-order chi connectivity index (χ1) is 11.5. The van der Waals surface area contributed by atoms with E-state index in [-0.39, 0.29) is 5.60 Å². The maximum Gasteiger partial charge on any atom is 0.0900 e. The maximum absolute atomic E-state index is 10.2. The number of terminal acetylenes is 1. The van der Waals surface area contributed by atoms with Crippen molar-refractivity contribution >= 4 is 0 Å². The van der Waals surface area contributed by atoms with Crippen molar-refractivity contribution in [2.45, 2.75) is 51.2 Å². The highest BCUT2D eigenvalue weighted by Crippen LogP contribution is 2.22. The number of aliphatic hydroxyl groups is 1. The molecule has 24 heavy (non-hydrogen) atoms. The second-order valence-electron chi connectivity index (χ2n) is 7.54. The molecule has 0 radical (unpaired) electrons. The van der Waals surface area contributed by atoms with Gasteiger partial charge in [0.2, 0.25) is 0 Å². The average molecular weight is 329 g/mol. The lowest BCUT2D eigenvalue weighted by Crippen LogP contribution is -2.41. The predicted octanol–water partition coefficient (Wildman–Crippen LogP) is 3.12. The monoisotopic (exact) mass is 329 g/mol. The number of likely N-dealkylation sites (tertiary alicyclic amines) is 1. The fraction of sp³-hybridized carbons (Fsp3) is 0.619. The Bertz CT molecular complexity index is 512. The van der Waals surface area contributed by atoms with E-state index >= 15 is 0 Å². The Labute approximate surface area is 147 Å². The van der Waals surface area contributed by atoms with Gasteiger partial charge in [-0.25, -0.2) is 0 Å². The third-order valence-corrected chi connectivity index (χ3v) is 4.74. The minimum absolute atomic E-state index is 0.346. The van der Waals surface area contributed by atoms with Gasteiger partial charge in [-0.05, 0) is 57.7 Å². The molecule has 0 unspecified atom stereocenters. The number of ether oxygens (including phenoxy) is 1. The van der Waals surface area contributed by atoms with Gasteiger partial charge in [-0.3, -0.25) is 0 Å². The Balaban J connectivity index is 1.66. The molecule has 0 spiro atoms. The molecule has 3 nitrogen and oxygen atoms in total. The summed E-state index contributed by atoms with van der Waals surface area (Å²) in [5, 5.41) is 10.2. The van der Waals surface area contributed by atoms with Gasteiger partial charge >= 0.3 is 0 Å². The Kier molecular flexibility index (Phi) is 7.30. The molecule has 1 saturated heterocycles. The largest absolute Gasteiger partial charge is 0.389 e. The molecule has 0 aromatic heterocycles. The van der Waals surface area contributed by atoms with E-state index in [1.54, 1.807) is 0 Å². The summed E-state index contributed by atoms with van der Waals surface area (Å²) in [6.07, 6.45) is 9.01. The normalized spacial score (nSPS) is 18.2. The number of benzene rings is 1. The zero-order valence-electron chi connectivity index (χ0n) is 15.1. The molecule has 1 aromatic rings. The zero-order chi connectivity index (χ0) is 17.4. The Hall–Kier alpha value is -1.34. The fourth-order valence-electron chi connectivity index (χ4n) is 3.29. The third kappa shape index (κ3) is 6.65. The molecule has 2 rings (SSSR count). The number of hydrogen-bond donors (Lipinski definition) is 1. The van der Waals surface area contributed by atoms with Gasteiger partial charge in [0, 0.05) is 13.0 Å². The van der Waals surface area contributed by atoms with Gasteiger partial charge in [0.1, 0.15) is 0 Å². The number of hydrogen-bond acceptors (Lipinski definition) is 3. The van der Waals surface area contributed by atoms with E-state index in [4.69, 9.17) is 11.2 Å². The predicted molar refractivity (Wildman–Crippen MR) is 98.8 cm³/mol. The minimum atomic E-state index is -0.451. The van der Waals surface area contributed by atoms with Crippen LogP contribution in [-0.4, -0.2) is 48.0 Å². The van der Waals surface area contributed by atoms with Crippen LogP contribution in [0.15, 0.2) is 30.3 Å². The van der Waals surface area contributed by atoms with Crippen molar-refractivity contribution in [2.24, 2.45) is 5.92 Å². The topological polar surface area (TPSA) is 32.7 Å². The van der Waals surface area contributed by atoms with Gasteiger partial charge in [-0.2, -0.15) is 0 Å². The van der Waals surface area contributed by atoms with Crippen LogP contribution in [0.1, 0.15) is 38.7 Å². The lowest BCUT2D eigenvalue weighted by molar-refractivity contribution is -0.0645. The van der Waals surface area contributed by atoms with Gasteiger partial charge in [-0.1, -0.05) is 30.3 Å². The van der Waals surface area contributed by atoms with Crippen LogP contribution >= 0.6 is 0 Å². The molecule has 0 amide bonds. The van der Waals surface area contributed by atoms with Crippen LogP contribution in [0.2, 0.25) is 0 Å². The molecule has 0 bridgehead atoms. The van der Waals surface area contributed by atoms with Crippen LogP contribution < -0.4 is 0 Å². The van der Waals surface area contributed by atoms with Crippen molar-refractivity contribution in [1.82, 2.24) is 4.90 Å². The number of rotatable bonds is 8. The first kappa shape index (κ1) is 19.0. The summed E-state index contributed by atoms with van der Waals surface area (Å²) in [5.74, 6) is 3.38. The van der Waals surface area contributed by atoms with Crippen LogP contribution in [0.3, 0.4) is 0 Å². The lowest BCUT2D eigenvalue weighted by atomic mass is 9.90. The van der Waals surface area contributed by atoms with E-state index in [2.05, 4.69) is 41.2 Å². The van der Waals surface area contributed by atoms with E-state index in [1.165, 1.54) is 24.8 Å². The van der Waals surface area contributed by atoms with Crippen molar-refractivity contribution in [1.29, 1.82) is 0 Å². The summed E-state index contributed by atoms with van der Waals surface area (Å²) in [4.78, 5) is 2.35. The van der Waals surface area contributed by atoms with Crippen molar-refractivity contribution in [2.75, 3.05) is 26.2 Å². The SMILES string of the molecule is C#CCC(C)(C)OC[C@H](O)CN1CCC(Cc2ccccc2)CC1. The fourth-order valence-corrected chi connectivity index (χ4v) is 3.29. The van der Waals surface area contributed by atoms with Crippen LogP contribution in [0.4, 0.5) is 0 Å². The standard InChI is InChI=1S/C21H31NO2/c1-4-12-21(2,3)24-17-20(23)16-22-13-10-19(11-14-22)15-18-8-6-5-7-9-18/h1,5-9,19-20,23H,10-17H2,2-3H3/t20-/m1/s1. The van der Waals surface area contributed by atoms with Crippen molar-refractivity contribution < 1.29 is 9.84 Å². The summed E-state index contributed by atoms with van der Waals surface area (Å²) >= 11 is 0. The molecule has 3 heteroatoms. The van der Waals surface area contributed by atoms with Crippen molar-refractivity contribution in [3.63, 3.8) is 0 Å². The van der Waals surface area contributed by atoms with Crippen molar-refractivity contribution in [3.8, 4) is 12.3 Å². The van der Waals surface area contributed by atoms with Gasteiger partial charge < -0.3 is 14.7 Å². The molecule has 1 atom stereocenters. The Morgan fingerprint density at radius 1 is 1.29 bits per heavy atom. The van der Waals surface area contributed by atoms with Gasteiger partial charge in [0.25, 0.3) is 0 Å². The number of piperidine rings is 1. The molecular formula is C21H31NO2. The number of β-amino-alcohol motifs (C(OH)–C–C–N with tert-alkyl or cyclic N) is 1. The van der Waals surface area contributed by atoms with Crippen LogP contribution in [0, 0.1) is 18.3 Å². The van der Waals surface area contributed by atoms with Crippen molar-refractivity contribution in [3.05, 3.63) is 35.9 Å². The third-order valence-electron chi connectivity index (χ3n) is 4.74. The number of aliphatic hydroxyl groups excluding tert-OH is 1. The molecule has 1 aliphatic rings. The quantitative estimate of drug-likeness (QED) is 0.744.